The van der Waals surface area contributed by atoms with Crippen LogP contribution < -0.4 is 0 Å². The standard InChI is InChI=1S/C9H15F/c1-5-9(6-2)7(3)8(4)10/h7-8H,1,6H2,2-4H3. The number of hydrogen-bond acceptors (Lipinski definition) is 0. The Hall–Kier alpha value is -0.550. The van der Waals surface area contributed by atoms with Crippen molar-refractivity contribution in [1.29, 1.82) is 0 Å². The highest BCUT2D eigenvalue weighted by Gasteiger charge is 2.13. The summed E-state index contributed by atoms with van der Waals surface area (Å²) in [5.74, 6) is -0.0255. The fourth-order valence-electron chi connectivity index (χ4n) is 0.885. The Balaban J connectivity index is 4.17. The fraction of sp³-hybridized carbons (Fsp3) is 0.667. The lowest BCUT2D eigenvalue weighted by atomic mass is 9.96. The molecule has 0 N–H and O–H groups in total. The van der Waals surface area contributed by atoms with Gasteiger partial charge in [-0.3, -0.25) is 0 Å². The molecule has 0 nitrogen and oxygen atoms in total. The molecule has 0 aromatic rings. The minimum atomic E-state index is -0.788. The van der Waals surface area contributed by atoms with Crippen molar-refractivity contribution in [3.63, 3.8) is 0 Å². The van der Waals surface area contributed by atoms with Crippen molar-refractivity contribution in [3.05, 3.63) is 17.9 Å². The van der Waals surface area contributed by atoms with Crippen molar-refractivity contribution in [2.24, 2.45) is 5.92 Å². The van der Waals surface area contributed by atoms with E-state index < -0.39 is 6.17 Å². The number of halogens is 1. The second kappa shape index (κ2) is 4.29. The van der Waals surface area contributed by atoms with E-state index in [1.807, 2.05) is 13.8 Å². The highest BCUT2D eigenvalue weighted by molar-refractivity contribution is 5.03. The number of hydrogen-bond donors (Lipinski definition) is 0. The van der Waals surface area contributed by atoms with E-state index in [-0.39, 0.29) is 5.92 Å². The molecule has 0 aliphatic heterocycles. The first-order chi connectivity index (χ1) is 4.63. The van der Waals surface area contributed by atoms with Gasteiger partial charge in [-0.15, -0.1) is 5.73 Å². The summed E-state index contributed by atoms with van der Waals surface area (Å²) >= 11 is 0. The molecule has 0 saturated carbocycles. The van der Waals surface area contributed by atoms with Crippen LogP contribution in [0.2, 0.25) is 0 Å². The third-order valence-electron chi connectivity index (χ3n) is 1.85. The van der Waals surface area contributed by atoms with E-state index >= 15 is 0 Å². The van der Waals surface area contributed by atoms with Gasteiger partial charge in [0.2, 0.25) is 0 Å². The van der Waals surface area contributed by atoms with Gasteiger partial charge in [-0.1, -0.05) is 20.4 Å². The second-order valence-electron chi connectivity index (χ2n) is 2.52. The van der Waals surface area contributed by atoms with Crippen molar-refractivity contribution in [2.75, 3.05) is 0 Å². The lowest BCUT2D eigenvalue weighted by Gasteiger charge is -2.12. The van der Waals surface area contributed by atoms with E-state index in [9.17, 15) is 4.39 Å². The van der Waals surface area contributed by atoms with Gasteiger partial charge in [-0.25, -0.2) is 4.39 Å². The number of allylic oxidation sites excluding steroid dienone is 1. The van der Waals surface area contributed by atoms with Crippen LogP contribution in [-0.2, 0) is 0 Å². The molecule has 0 heterocycles. The fourth-order valence-corrected chi connectivity index (χ4v) is 0.885. The van der Waals surface area contributed by atoms with E-state index in [0.717, 1.165) is 12.0 Å². The maximum atomic E-state index is 12.6. The van der Waals surface area contributed by atoms with Crippen LogP contribution in [0.4, 0.5) is 4.39 Å². The average molecular weight is 142 g/mol. The first-order valence-electron chi connectivity index (χ1n) is 3.66. The second-order valence-corrected chi connectivity index (χ2v) is 2.52. The van der Waals surface area contributed by atoms with Crippen LogP contribution in [0.1, 0.15) is 27.2 Å². The van der Waals surface area contributed by atoms with Gasteiger partial charge in [-0.05, 0) is 18.9 Å². The van der Waals surface area contributed by atoms with Crippen LogP contribution in [0.3, 0.4) is 0 Å². The summed E-state index contributed by atoms with van der Waals surface area (Å²) in [6, 6.07) is 0. The van der Waals surface area contributed by atoms with Gasteiger partial charge in [-0.2, -0.15) is 0 Å². The summed E-state index contributed by atoms with van der Waals surface area (Å²) in [5, 5.41) is 0. The van der Waals surface area contributed by atoms with Crippen molar-refractivity contribution in [2.45, 2.75) is 33.4 Å². The zero-order valence-electron chi connectivity index (χ0n) is 6.95. The third-order valence-corrected chi connectivity index (χ3v) is 1.85. The van der Waals surface area contributed by atoms with E-state index in [1.165, 1.54) is 0 Å². The monoisotopic (exact) mass is 142 g/mol. The van der Waals surface area contributed by atoms with Crippen molar-refractivity contribution in [1.82, 2.24) is 0 Å². The Labute approximate surface area is 62.4 Å². The number of rotatable bonds is 3. The van der Waals surface area contributed by atoms with E-state index in [0.29, 0.717) is 0 Å². The van der Waals surface area contributed by atoms with E-state index in [1.54, 1.807) is 6.92 Å². The highest BCUT2D eigenvalue weighted by Crippen LogP contribution is 2.18. The summed E-state index contributed by atoms with van der Waals surface area (Å²) in [6.45, 7) is 8.93. The Bertz CT molecular complexity index is 141. The Morgan fingerprint density at radius 1 is 1.60 bits per heavy atom. The molecule has 0 aromatic carbocycles. The zero-order valence-corrected chi connectivity index (χ0v) is 6.95. The molecule has 0 amide bonds. The molecule has 0 fully saturated rings. The maximum Gasteiger partial charge on any atom is 0.104 e. The molecule has 0 spiro atoms. The molecule has 1 heteroatoms. The first-order valence-corrected chi connectivity index (χ1v) is 3.66. The lowest BCUT2D eigenvalue weighted by molar-refractivity contribution is 0.289. The van der Waals surface area contributed by atoms with Crippen molar-refractivity contribution in [3.8, 4) is 0 Å². The molecule has 0 aromatic heterocycles. The summed E-state index contributed by atoms with van der Waals surface area (Å²) in [7, 11) is 0. The quantitative estimate of drug-likeness (QED) is 0.531. The molecule has 0 rings (SSSR count). The van der Waals surface area contributed by atoms with Crippen LogP contribution >= 0.6 is 0 Å². The van der Waals surface area contributed by atoms with Crippen molar-refractivity contribution < 1.29 is 4.39 Å². The topological polar surface area (TPSA) is 0 Å². The van der Waals surface area contributed by atoms with Gasteiger partial charge in [0.15, 0.2) is 0 Å². The molecule has 0 saturated heterocycles. The SMILES string of the molecule is C=C=C(CC)C(C)C(C)F. The minimum Gasteiger partial charge on any atom is -0.247 e. The summed E-state index contributed by atoms with van der Waals surface area (Å²) in [4.78, 5) is 0. The smallest absolute Gasteiger partial charge is 0.104 e. The zero-order chi connectivity index (χ0) is 8.15. The van der Waals surface area contributed by atoms with Gasteiger partial charge >= 0.3 is 0 Å². The molecule has 58 valence electrons. The largest absolute Gasteiger partial charge is 0.247 e. The van der Waals surface area contributed by atoms with Gasteiger partial charge in [0.25, 0.3) is 0 Å². The molecule has 2 unspecified atom stereocenters. The molecular weight excluding hydrogens is 127 g/mol. The predicted octanol–water partition coefficient (Wildman–Crippen LogP) is 3.10. The van der Waals surface area contributed by atoms with Crippen molar-refractivity contribution >= 4 is 0 Å². The minimum absolute atomic E-state index is 0.0255. The Morgan fingerprint density at radius 3 is 2.20 bits per heavy atom. The lowest BCUT2D eigenvalue weighted by Crippen LogP contribution is -2.09. The van der Waals surface area contributed by atoms with Gasteiger partial charge in [0.05, 0.1) is 0 Å². The average Bonchev–Trinajstić information content (AvgIpc) is 1.90. The van der Waals surface area contributed by atoms with Gasteiger partial charge < -0.3 is 0 Å². The third kappa shape index (κ3) is 2.36. The number of alkyl halides is 1. The van der Waals surface area contributed by atoms with E-state index in [2.05, 4.69) is 12.3 Å². The van der Waals surface area contributed by atoms with Crippen LogP contribution in [0.25, 0.3) is 0 Å². The van der Waals surface area contributed by atoms with Crippen LogP contribution in [-0.4, -0.2) is 6.17 Å². The van der Waals surface area contributed by atoms with Crippen LogP contribution in [0.15, 0.2) is 17.9 Å². The first kappa shape index (κ1) is 9.45. The maximum absolute atomic E-state index is 12.6. The van der Waals surface area contributed by atoms with Crippen LogP contribution in [0, 0.1) is 5.92 Å². The van der Waals surface area contributed by atoms with E-state index in [4.69, 9.17) is 0 Å². The molecule has 0 aliphatic rings. The van der Waals surface area contributed by atoms with Gasteiger partial charge in [0.1, 0.15) is 6.17 Å². The predicted molar refractivity (Wildman–Crippen MR) is 42.7 cm³/mol. The molecule has 2 atom stereocenters. The highest BCUT2D eigenvalue weighted by atomic mass is 19.1. The molecular formula is C9H15F. The molecule has 10 heavy (non-hydrogen) atoms. The van der Waals surface area contributed by atoms with Crippen LogP contribution in [0.5, 0.6) is 0 Å². The normalized spacial score (nSPS) is 15.6. The molecule has 0 aliphatic carbocycles. The molecule has 0 bridgehead atoms. The summed E-state index contributed by atoms with van der Waals surface area (Å²) < 4.78 is 12.6. The summed E-state index contributed by atoms with van der Waals surface area (Å²) in [5.41, 5.74) is 3.74. The summed E-state index contributed by atoms with van der Waals surface area (Å²) in [6.07, 6.45) is 0.0584. The van der Waals surface area contributed by atoms with Gasteiger partial charge in [0, 0.05) is 5.92 Å². The Kier molecular flexibility index (Phi) is 4.06. The molecule has 0 radical (unpaired) electrons. The Morgan fingerprint density at radius 2 is 2.10 bits per heavy atom.